The van der Waals surface area contributed by atoms with Crippen LogP contribution in [0.25, 0.3) is 0 Å². The molecule has 2 fully saturated rings. The third-order valence-electron chi connectivity index (χ3n) is 4.04. The van der Waals surface area contributed by atoms with E-state index in [2.05, 4.69) is 17.1 Å². The first-order chi connectivity index (χ1) is 8.31. The van der Waals surface area contributed by atoms with E-state index in [1.54, 1.807) is 0 Å². The van der Waals surface area contributed by atoms with Gasteiger partial charge in [-0.05, 0) is 31.6 Å². The highest BCUT2D eigenvalue weighted by atomic mass is 16.3. The number of hydrogen-bond acceptors (Lipinski definition) is 3. The maximum absolute atomic E-state index is 9.10. The molecule has 1 saturated heterocycles. The minimum Gasteiger partial charge on any atom is -0.395 e. The van der Waals surface area contributed by atoms with Gasteiger partial charge >= 0.3 is 0 Å². The van der Waals surface area contributed by atoms with E-state index in [4.69, 9.17) is 5.11 Å². The minimum atomic E-state index is 0.302. The molecule has 0 spiro atoms. The number of nitrogens with zero attached hydrogens (tertiary/aromatic N) is 1. The fraction of sp³-hybridized carbons (Fsp3) is 1.00. The molecule has 3 nitrogen and oxygen atoms in total. The zero-order valence-corrected chi connectivity index (χ0v) is 11.2. The Kier molecular flexibility index (Phi) is 5.26. The SMILES string of the molecule is CCCCC1CC(NC2CC2)CN(CCO)C1. The molecule has 0 bridgehead atoms. The van der Waals surface area contributed by atoms with Gasteiger partial charge in [0.05, 0.1) is 6.61 Å². The van der Waals surface area contributed by atoms with Gasteiger partial charge in [-0.2, -0.15) is 0 Å². The van der Waals surface area contributed by atoms with E-state index in [0.29, 0.717) is 12.6 Å². The van der Waals surface area contributed by atoms with Gasteiger partial charge in [0.2, 0.25) is 0 Å². The number of rotatable bonds is 7. The molecule has 0 aromatic carbocycles. The third-order valence-corrected chi connectivity index (χ3v) is 4.04. The summed E-state index contributed by atoms with van der Waals surface area (Å²) in [5.74, 6) is 0.839. The summed E-state index contributed by atoms with van der Waals surface area (Å²) in [6.45, 7) is 5.76. The van der Waals surface area contributed by atoms with E-state index >= 15 is 0 Å². The van der Waals surface area contributed by atoms with Crippen molar-refractivity contribution in [2.24, 2.45) is 5.92 Å². The number of likely N-dealkylation sites (tertiary alicyclic amines) is 1. The average molecular weight is 240 g/mol. The lowest BCUT2D eigenvalue weighted by atomic mass is 9.90. The molecule has 1 aliphatic carbocycles. The van der Waals surface area contributed by atoms with Gasteiger partial charge in [0.1, 0.15) is 0 Å². The molecular formula is C14H28N2O. The molecule has 2 N–H and O–H groups in total. The molecule has 2 unspecified atom stereocenters. The number of aliphatic hydroxyl groups is 1. The Balaban J connectivity index is 1.79. The second kappa shape index (κ2) is 6.72. The summed E-state index contributed by atoms with van der Waals surface area (Å²) in [6.07, 6.45) is 8.11. The van der Waals surface area contributed by atoms with Crippen LogP contribution < -0.4 is 5.32 Å². The third kappa shape index (κ3) is 4.57. The summed E-state index contributed by atoms with van der Waals surface area (Å²) >= 11 is 0. The molecule has 1 saturated carbocycles. The molecule has 2 aliphatic rings. The molecule has 100 valence electrons. The fourth-order valence-electron chi connectivity index (χ4n) is 3.03. The number of aliphatic hydroxyl groups excluding tert-OH is 1. The van der Waals surface area contributed by atoms with Crippen molar-refractivity contribution < 1.29 is 5.11 Å². The molecular weight excluding hydrogens is 212 g/mol. The van der Waals surface area contributed by atoms with Crippen LogP contribution in [0.4, 0.5) is 0 Å². The second-order valence-electron chi connectivity index (χ2n) is 5.87. The van der Waals surface area contributed by atoms with Crippen LogP contribution in [-0.2, 0) is 0 Å². The van der Waals surface area contributed by atoms with Gasteiger partial charge in [-0.1, -0.05) is 19.8 Å². The summed E-state index contributed by atoms with van der Waals surface area (Å²) in [5, 5.41) is 12.9. The van der Waals surface area contributed by atoms with Crippen LogP contribution in [-0.4, -0.2) is 48.3 Å². The maximum atomic E-state index is 9.10. The van der Waals surface area contributed by atoms with E-state index in [9.17, 15) is 0 Å². The van der Waals surface area contributed by atoms with Crippen LogP contribution in [0.2, 0.25) is 0 Å². The van der Waals surface area contributed by atoms with Gasteiger partial charge in [0, 0.05) is 31.7 Å². The quantitative estimate of drug-likeness (QED) is 0.710. The zero-order valence-electron chi connectivity index (χ0n) is 11.2. The Labute approximate surface area is 106 Å². The van der Waals surface area contributed by atoms with E-state index in [-0.39, 0.29) is 0 Å². The Morgan fingerprint density at radius 1 is 1.24 bits per heavy atom. The van der Waals surface area contributed by atoms with Gasteiger partial charge in [-0.3, -0.25) is 4.90 Å². The molecule has 2 atom stereocenters. The van der Waals surface area contributed by atoms with Crippen molar-refractivity contribution in [3.8, 4) is 0 Å². The number of β-amino-alcohol motifs (C(OH)–C–C–N with tert-alkyl or cyclic N) is 1. The zero-order chi connectivity index (χ0) is 12.1. The van der Waals surface area contributed by atoms with Gasteiger partial charge in [0.25, 0.3) is 0 Å². The number of piperidine rings is 1. The lowest BCUT2D eigenvalue weighted by Gasteiger charge is -2.38. The Hall–Kier alpha value is -0.120. The van der Waals surface area contributed by atoms with Crippen LogP contribution in [0.5, 0.6) is 0 Å². The standard InChI is InChI=1S/C14H28N2O/c1-2-3-4-12-9-14(15-13-5-6-13)11-16(10-12)7-8-17/h12-15,17H,2-11H2,1H3. The highest BCUT2D eigenvalue weighted by molar-refractivity contribution is 4.90. The summed E-state index contributed by atoms with van der Waals surface area (Å²) in [4.78, 5) is 2.45. The molecule has 2 rings (SSSR count). The highest BCUT2D eigenvalue weighted by Gasteiger charge is 2.30. The second-order valence-corrected chi connectivity index (χ2v) is 5.87. The molecule has 1 aliphatic heterocycles. The van der Waals surface area contributed by atoms with Crippen molar-refractivity contribution in [1.29, 1.82) is 0 Å². The van der Waals surface area contributed by atoms with Gasteiger partial charge in [0.15, 0.2) is 0 Å². The van der Waals surface area contributed by atoms with E-state index < -0.39 is 0 Å². The van der Waals surface area contributed by atoms with Crippen molar-refractivity contribution in [1.82, 2.24) is 10.2 Å². The van der Waals surface area contributed by atoms with Crippen LogP contribution in [0.15, 0.2) is 0 Å². The van der Waals surface area contributed by atoms with Crippen molar-refractivity contribution in [3.63, 3.8) is 0 Å². The molecule has 0 amide bonds. The molecule has 0 aromatic rings. The Bertz CT molecular complexity index is 218. The van der Waals surface area contributed by atoms with Gasteiger partial charge < -0.3 is 10.4 Å². The summed E-state index contributed by atoms with van der Waals surface area (Å²) in [6, 6.07) is 1.48. The molecule has 3 heteroatoms. The fourth-order valence-corrected chi connectivity index (χ4v) is 3.03. The Morgan fingerprint density at radius 2 is 2.06 bits per heavy atom. The van der Waals surface area contributed by atoms with Gasteiger partial charge in [-0.25, -0.2) is 0 Å². The first-order valence-electron chi connectivity index (χ1n) is 7.41. The van der Waals surface area contributed by atoms with Crippen molar-refractivity contribution >= 4 is 0 Å². The summed E-state index contributed by atoms with van der Waals surface area (Å²) in [7, 11) is 0. The molecule has 0 radical (unpaired) electrons. The molecule has 1 heterocycles. The maximum Gasteiger partial charge on any atom is 0.0558 e. The number of unbranched alkanes of at least 4 members (excludes halogenated alkanes) is 1. The van der Waals surface area contributed by atoms with Gasteiger partial charge in [-0.15, -0.1) is 0 Å². The summed E-state index contributed by atoms with van der Waals surface area (Å²) < 4.78 is 0. The van der Waals surface area contributed by atoms with Crippen molar-refractivity contribution in [2.45, 2.75) is 57.5 Å². The largest absolute Gasteiger partial charge is 0.395 e. The predicted octanol–water partition coefficient (Wildman–Crippen LogP) is 1.61. The summed E-state index contributed by atoms with van der Waals surface area (Å²) in [5.41, 5.74) is 0. The lowest BCUT2D eigenvalue weighted by molar-refractivity contribution is 0.111. The lowest BCUT2D eigenvalue weighted by Crippen LogP contribution is -2.50. The normalized spacial score (nSPS) is 30.7. The topological polar surface area (TPSA) is 35.5 Å². The molecule has 0 aromatic heterocycles. The van der Waals surface area contributed by atoms with Crippen molar-refractivity contribution in [2.75, 3.05) is 26.2 Å². The Morgan fingerprint density at radius 3 is 2.71 bits per heavy atom. The average Bonchev–Trinajstić information content (AvgIpc) is 3.10. The monoisotopic (exact) mass is 240 g/mol. The minimum absolute atomic E-state index is 0.302. The number of nitrogens with one attached hydrogen (secondary N) is 1. The highest BCUT2D eigenvalue weighted by Crippen LogP contribution is 2.26. The smallest absolute Gasteiger partial charge is 0.0558 e. The predicted molar refractivity (Wildman–Crippen MR) is 71.1 cm³/mol. The first-order valence-corrected chi connectivity index (χ1v) is 7.41. The van der Waals surface area contributed by atoms with Crippen LogP contribution >= 0.6 is 0 Å². The first kappa shape index (κ1) is 13.3. The van der Waals surface area contributed by atoms with E-state index in [1.165, 1.54) is 45.1 Å². The van der Waals surface area contributed by atoms with Crippen molar-refractivity contribution in [3.05, 3.63) is 0 Å². The molecule has 17 heavy (non-hydrogen) atoms. The number of hydrogen-bond donors (Lipinski definition) is 2. The van der Waals surface area contributed by atoms with E-state index in [0.717, 1.165) is 25.0 Å². The van der Waals surface area contributed by atoms with Crippen LogP contribution in [0.3, 0.4) is 0 Å². The van der Waals surface area contributed by atoms with Crippen LogP contribution in [0.1, 0.15) is 45.4 Å². The van der Waals surface area contributed by atoms with E-state index in [1.807, 2.05) is 0 Å². The van der Waals surface area contributed by atoms with Crippen LogP contribution in [0, 0.1) is 5.92 Å².